The van der Waals surface area contributed by atoms with Crippen molar-refractivity contribution in [2.75, 3.05) is 0 Å². The van der Waals surface area contributed by atoms with E-state index >= 15 is 0 Å². The number of H-pyrrole nitrogens is 1. The lowest BCUT2D eigenvalue weighted by atomic mass is 10.1. The highest BCUT2D eigenvalue weighted by atomic mass is 16.4. The minimum absolute atomic E-state index is 0.145. The van der Waals surface area contributed by atoms with Crippen molar-refractivity contribution in [1.82, 2.24) is 4.98 Å². The number of aldehydes is 1. The predicted molar refractivity (Wildman–Crippen MR) is 69.1 cm³/mol. The third-order valence-corrected chi connectivity index (χ3v) is 2.53. The first-order chi connectivity index (χ1) is 9.13. The number of aromatic amines is 1. The number of rotatable bonds is 2. The van der Waals surface area contributed by atoms with E-state index in [1.165, 1.54) is 6.07 Å². The highest BCUT2D eigenvalue weighted by molar-refractivity contribution is 5.92. The van der Waals surface area contributed by atoms with Crippen LogP contribution < -0.4 is 5.43 Å². The van der Waals surface area contributed by atoms with E-state index in [1.807, 2.05) is 0 Å². The van der Waals surface area contributed by atoms with Gasteiger partial charge in [0, 0.05) is 17.1 Å². The summed E-state index contributed by atoms with van der Waals surface area (Å²) in [7, 11) is 0. The van der Waals surface area contributed by atoms with Crippen LogP contribution in [-0.2, 0) is 4.79 Å². The number of pyridine rings is 1. The number of carboxylic acids is 1. The van der Waals surface area contributed by atoms with Crippen molar-refractivity contribution in [3.05, 3.63) is 45.7 Å². The Hall–Kier alpha value is -2.87. The molecule has 0 unspecified atom stereocenters. The maximum Gasteiger partial charge on any atom is 0.341 e. The van der Waals surface area contributed by atoms with Gasteiger partial charge >= 0.3 is 5.97 Å². The average molecular weight is 255 g/mol. The van der Waals surface area contributed by atoms with Gasteiger partial charge in [-0.15, -0.1) is 0 Å². The highest BCUT2D eigenvalue weighted by Gasteiger charge is 2.11. The molecule has 1 aromatic carbocycles. The van der Waals surface area contributed by atoms with Crippen molar-refractivity contribution < 1.29 is 14.7 Å². The van der Waals surface area contributed by atoms with Gasteiger partial charge in [-0.2, -0.15) is 0 Å². The number of aromatic nitrogens is 1. The van der Waals surface area contributed by atoms with Gasteiger partial charge in [-0.05, 0) is 18.2 Å². The van der Waals surface area contributed by atoms with Gasteiger partial charge in [-0.25, -0.2) is 4.79 Å². The molecule has 0 aliphatic carbocycles. The standard InChI is InChI=1S/C14H9NO4/c16-6-2-1-3-9-4-5-10-12(7-9)15-8-11(13(10)17)14(18)19/h4-8H,2H2,(H,15,17)(H,18,19). The molecular weight excluding hydrogens is 246 g/mol. The Kier molecular flexibility index (Phi) is 3.44. The summed E-state index contributed by atoms with van der Waals surface area (Å²) in [5.41, 5.74) is 0.321. The van der Waals surface area contributed by atoms with Crippen molar-refractivity contribution >= 4 is 23.2 Å². The Balaban J connectivity index is 2.56. The van der Waals surface area contributed by atoms with Crippen molar-refractivity contribution in [3.63, 3.8) is 0 Å². The number of carboxylic acid groups (broad SMARTS) is 1. The van der Waals surface area contributed by atoms with E-state index in [-0.39, 0.29) is 12.0 Å². The number of carbonyl (C=O) groups is 2. The van der Waals surface area contributed by atoms with Crippen LogP contribution >= 0.6 is 0 Å². The van der Waals surface area contributed by atoms with Crippen LogP contribution in [-0.4, -0.2) is 22.3 Å². The topological polar surface area (TPSA) is 87.2 Å². The van der Waals surface area contributed by atoms with E-state index < -0.39 is 11.4 Å². The number of hydrogen-bond donors (Lipinski definition) is 2. The van der Waals surface area contributed by atoms with E-state index in [2.05, 4.69) is 16.8 Å². The van der Waals surface area contributed by atoms with Gasteiger partial charge in [0.1, 0.15) is 11.8 Å². The molecule has 0 amide bonds. The zero-order valence-corrected chi connectivity index (χ0v) is 9.77. The van der Waals surface area contributed by atoms with Crippen LogP contribution in [0.2, 0.25) is 0 Å². The number of aromatic carboxylic acids is 1. The molecule has 0 saturated carbocycles. The molecule has 2 N–H and O–H groups in total. The number of benzene rings is 1. The zero-order chi connectivity index (χ0) is 13.8. The molecule has 0 aliphatic rings. The van der Waals surface area contributed by atoms with Crippen molar-refractivity contribution in [2.24, 2.45) is 0 Å². The Morgan fingerprint density at radius 2 is 2.21 bits per heavy atom. The molecule has 0 saturated heterocycles. The average Bonchev–Trinajstić information content (AvgIpc) is 2.39. The molecule has 0 aliphatic heterocycles. The van der Waals surface area contributed by atoms with Crippen LogP contribution in [0.5, 0.6) is 0 Å². The smallest absolute Gasteiger partial charge is 0.341 e. The first-order valence-electron chi connectivity index (χ1n) is 5.44. The lowest BCUT2D eigenvalue weighted by Crippen LogP contribution is -2.15. The number of nitrogens with one attached hydrogen (secondary N) is 1. The molecule has 5 nitrogen and oxygen atoms in total. The Morgan fingerprint density at radius 1 is 1.42 bits per heavy atom. The van der Waals surface area contributed by atoms with Crippen molar-refractivity contribution in [2.45, 2.75) is 6.42 Å². The second kappa shape index (κ2) is 5.19. The molecular formula is C14H9NO4. The van der Waals surface area contributed by atoms with Gasteiger partial charge in [-0.1, -0.05) is 11.8 Å². The summed E-state index contributed by atoms with van der Waals surface area (Å²) in [6.07, 6.45) is 2.01. The van der Waals surface area contributed by atoms with E-state index in [0.717, 1.165) is 6.20 Å². The molecule has 0 spiro atoms. The fourth-order valence-corrected chi connectivity index (χ4v) is 1.65. The van der Waals surface area contributed by atoms with E-state index in [1.54, 1.807) is 12.1 Å². The summed E-state index contributed by atoms with van der Waals surface area (Å²) in [6, 6.07) is 4.77. The van der Waals surface area contributed by atoms with Gasteiger partial charge in [-0.3, -0.25) is 4.79 Å². The zero-order valence-electron chi connectivity index (χ0n) is 9.77. The monoisotopic (exact) mass is 255 g/mol. The molecule has 2 aromatic rings. The molecule has 0 bridgehead atoms. The molecule has 19 heavy (non-hydrogen) atoms. The van der Waals surface area contributed by atoms with Gasteiger partial charge in [0.25, 0.3) is 0 Å². The Morgan fingerprint density at radius 3 is 2.89 bits per heavy atom. The summed E-state index contributed by atoms with van der Waals surface area (Å²) in [6.45, 7) is 0. The fourth-order valence-electron chi connectivity index (χ4n) is 1.65. The van der Waals surface area contributed by atoms with Crippen LogP contribution in [0.3, 0.4) is 0 Å². The molecule has 1 aromatic heterocycles. The first kappa shape index (κ1) is 12.6. The van der Waals surface area contributed by atoms with Crippen LogP contribution in [0.1, 0.15) is 22.3 Å². The Labute approximate surface area is 107 Å². The minimum Gasteiger partial charge on any atom is -0.477 e. The molecule has 94 valence electrons. The van der Waals surface area contributed by atoms with Gasteiger partial charge in [0.2, 0.25) is 5.43 Å². The van der Waals surface area contributed by atoms with Gasteiger partial charge < -0.3 is 14.9 Å². The van der Waals surface area contributed by atoms with Crippen LogP contribution in [0, 0.1) is 11.8 Å². The summed E-state index contributed by atoms with van der Waals surface area (Å²) in [5, 5.41) is 9.14. The van der Waals surface area contributed by atoms with E-state index in [0.29, 0.717) is 22.8 Å². The molecule has 0 radical (unpaired) electrons. The molecule has 5 heteroatoms. The van der Waals surface area contributed by atoms with Crippen molar-refractivity contribution in [1.29, 1.82) is 0 Å². The van der Waals surface area contributed by atoms with Crippen LogP contribution in [0.4, 0.5) is 0 Å². The second-order valence-electron chi connectivity index (χ2n) is 3.77. The van der Waals surface area contributed by atoms with Gasteiger partial charge in [0.05, 0.1) is 11.9 Å². The quantitative estimate of drug-likeness (QED) is 0.622. The number of hydrogen-bond acceptors (Lipinski definition) is 3. The molecule has 0 atom stereocenters. The van der Waals surface area contributed by atoms with Crippen molar-refractivity contribution in [3.8, 4) is 11.8 Å². The first-order valence-corrected chi connectivity index (χ1v) is 5.44. The third-order valence-electron chi connectivity index (χ3n) is 2.53. The molecule has 0 fully saturated rings. The predicted octanol–water partition coefficient (Wildman–Crippen LogP) is 1.17. The second-order valence-corrected chi connectivity index (χ2v) is 3.77. The van der Waals surface area contributed by atoms with E-state index in [9.17, 15) is 14.4 Å². The lowest BCUT2D eigenvalue weighted by molar-refractivity contribution is -0.107. The number of carbonyl (C=O) groups excluding carboxylic acids is 1. The summed E-state index contributed by atoms with van der Waals surface area (Å²) >= 11 is 0. The maximum atomic E-state index is 11.9. The summed E-state index contributed by atoms with van der Waals surface area (Å²) in [5.74, 6) is 4.17. The molecule has 1 heterocycles. The lowest BCUT2D eigenvalue weighted by Gasteiger charge is -2.00. The van der Waals surface area contributed by atoms with Gasteiger partial charge in [0.15, 0.2) is 0 Å². The summed E-state index contributed by atoms with van der Waals surface area (Å²) in [4.78, 5) is 35.6. The third kappa shape index (κ3) is 2.53. The van der Waals surface area contributed by atoms with Crippen LogP contribution in [0.25, 0.3) is 10.9 Å². The normalized spacial score (nSPS) is 9.68. The van der Waals surface area contributed by atoms with Crippen LogP contribution in [0.15, 0.2) is 29.2 Å². The van der Waals surface area contributed by atoms with E-state index in [4.69, 9.17) is 5.11 Å². The maximum absolute atomic E-state index is 11.9. The largest absolute Gasteiger partial charge is 0.477 e. The Bertz CT molecular complexity index is 777. The highest BCUT2D eigenvalue weighted by Crippen LogP contribution is 2.10. The molecule has 2 rings (SSSR count). The fraction of sp³-hybridized carbons (Fsp3) is 0.0714. The minimum atomic E-state index is -1.27. The summed E-state index contributed by atoms with van der Waals surface area (Å²) < 4.78 is 0. The number of fused-ring (bicyclic) bond motifs is 1. The SMILES string of the molecule is O=CCC#Cc1ccc2c(=O)c(C(=O)O)c[nH]c2c1.